The third-order valence-electron chi connectivity index (χ3n) is 2.61. The second-order valence-corrected chi connectivity index (χ2v) is 5.11. The van der Waals surface area contributed by atoms with Crippen molar-refractivity contribution in [3.8, 4) is 0 Å². The van der Waals surface area contributed by atoms with Crippen LogP contribution in [-0.2, 0) is 6.61 Å². The summed E-state index contributed by atoms with van der Waals surface area (Å²) in [4.78, 5) is 11.8. The predicted molar refractivity (Wildman–Crippen MR) is 79.1 cm³/mol. The number of aliphatic hydroxyl groups is 1. The topological polar surface area (TPSA) is 61.4 Å². The molecule has 0 atom stereocenters. The van der Waals surface area contributed by atoms with Gasteiger partial charge in [-0.2, -0.15) is 0 Å². The van der Waals surface area contributed by atoms with E-state index in [9.17, 15) is 13.6 Å². The summed E-state index contributed by atoms with van der Waals surface area (Å²) in [5, 5.41) is 14.0. The molecule has 0 aliphatic carbocycles. The third kappa shape index (κ3) is 4.24. The Morgan fingerprint density at radius 1 is 1.10 bits per heavy atom. The molecule has 0 saturated heterocycles. The van der Waals surface area contributed by atoms with Gasteiger partial charge in [-0.25, -0.2) is 13.6 Å². The van der Waals surface area contributed by atoms with Crippen molar-refractivity contribution in [3.05, 3.63) is 58.1 Å². The SMILES string of the molecule is O=C(Nc1cc(F)cc(Br)c1)Nc1cc(F)ccc1CO. The van der Waals surface area contributed by atoms with E-state index in [2.05, 4.69) is 26.6 Å². The van der Waals surface area contributed by atoms with E-state index in [1.165, 1.54) is 24.3 Å². The van der Waals surface area contributed by atoms with Crippen LogP contribution in [0.15, 0.2) is 40.9 Å². The second kappa shape index (κ2) is 6.64. The molecule has 0 radical (unpaired) electrons. The van der Waals surface area contributed by atoms with Gasteiger partial charge in [0.05, 0.1) is 12.3 Å². The summed E-state index contributed by atoms with van der Waals surface area (Å²) in [6, 6.07) is 6.87. The van der Waals surface area contributed by atoms with Gasteiger partial charge in [-0.05, 0) is 30.3 Å². The summed E-state index contributed by atoms with van der Waals surface area (Å²) in [5.74, 6) is -1.06. The molecule has 0 unspecified atom stereocenters. The fraction of sp³-hybridized carbons (Fsp3) is 0.0714. The largest absolute Gasteiger partial charge is 0.392 e. The van der Waals surface area contributed by atoms with Gasteiger partial charge in [0, 0.05) is 15.7 Å². The Morgan fingerprint density at radius 3 is 2.52 bits per heavy atom. The summed E-state index contributed by atoms with van der Waals surface area (Å²) in [5.41, 5.74) is 0.749. The Kier molecular flexibility index (Phi) is 4.87. The fourth-order valence-electron chi connectivity index (χ4n) is 1.71. The van der Waals surface area contributed by atoms with Crippen LogP contribution in [-0.4, -0.2) is 11.1 Å². The smallest absolute Gasteiger partial charge is 0.323 e. The van der Waals surface area contributed by atoms with Crippen molar-refractivity contribution in [1.82, 2.24) is 0 Å². The first-order chi connectivity index (χ1) is 9.97. The van der Waals surface area contributed by atoms with E-state index in [0.29, 0.717) is 10.0 Å². The van der Waals surface area contributed by atoms with Gasteiger partial charge in [0.1, 0.15) is 11.6 Å². The highest BCUT2D eigenvalue weighted by Gasteiger charge is 2.09. The number of amides is 2. The van der Waals surface area contributed by atoms with Crippen LogP contribution in [0.5, 0.6) is 0 Å². The Morgan fingerprint density at radius 2 is 1.86 bits per heavy atom. The summed E-state index contributed by atoms with van der Waals surface area (Å²) in [6.07, 6.45) is 0. The number of aliphatic hydroxyl groups excluding tert-OH is 1. The van der Waals surface area contributed by atoms with Crippen molar-refractivity contribution >= 4 is 33.3 Å². The third-order valence-corrected chi connectivity index (χ3v) is 3.07. The predicted octanol–water partition coefficient (Wildman–Crippen LogP) is 3.86. The monoisotopic (exact) mass is 356 g/mol. The maximum atomic E-state index is 13.2. The highest BCUT2D eigenvalue weighted by atomic mass is 79.9. The van der Waals surface area contributed by atoms with Gasteiger partial charge in [-0.15, -0.1) is 0 Å². The van der Waals surface area contributed by atoms with E-state index in [0.717, 1.165) is 12.1 Å². The van der Waals surface area contributed by atoms with E-state index in [1.54, 1.807) is 0 Å². The Bertz CT molecular complexity index is 660. The molecule has 0 spiro atoms. The minimum atomic E-state index is -0.673. The maximum absolute atomic E-state index is 13.2. The van der Waals surface area contributed by atoms with E-state index in [4.69, 9.17) is 5.11 Å². The molecular weight excluding hydrogens is 346 g/mol. The number of carbonyl (C=O) groups excluding carboxylic acids is 1. The van der Waals surface area contributed by atoms with E-state index in [-0.39, 0.29) is 18.0 Å². The number of rotatable bonds is 3. The lowest BCUT2D eigenvalue weighted by Gasteiger charge is -2.11. The van der Waals surface area contributed by atoms with Crippen LogP contribution in [0.1, 0.15) is 5.56 Å². The summed E-state index contributed by atoms with van der Waals surface area (Å²) in [7, 11) is 0. The lowest BCUT2D eigenvalue weighted by Crippen LogP contribution is -2.20. The molecular formula is C14H11BrF2N2O2. The number of hydrogen-bond acceptors (Lipinski definition) is 2. The van der Waals surface area contributed by atoms with Crippen molar-refractivity contribution in [2.45, 2.75) is 6.61 Å². The number of halogens is 3. The van der Waals surface area contributed by atoms with Crippen LogP contribution < -0.4 is 10.6 Å². The first-order valence-electron chi connectivity index (χ1n) is 5.91. The standard InChI is InChI=1S/C14H11BrF2N2O2/c15-9-3-11(17)5-12(4-9)18-14(21)19-13-6-10(16)2-1-8(13)7-20/h1-6,20H,7H2,(H2,18,19,21). The molecule has 2 aromatic rings. The normalized spacial score (nSPS) is 10.3. The zero-order valence-electron chi connectivity index (χ0n) is 10.7. The number of carbonyl (C=O) groups is 1. The van der Waals surface area contributed by atoms with Crippen molar-refractivity contribution in [1.29, 1.82) is 0 Å². The molecule has 0 aliphatic rings. The number of anilines is 2. The molecule has 0 aliphatic heterocycles. The molecule has 2 amide bonds. The van der Waals surface area contributed by atoms with Gasteiger partial charge in [0.25, 0.3) is 0 Å². The molecule has 0 saturated carbocycles. The molecule has 110 valence electrons. The van der Waals surface area contributed by atoms with Gasteiger partial charge in [-0.3, -0.25) is 0 Å². The van der Waals surface area contributed by atoms with Crippen LogP contribution in [0.4, 0.5) is 25.0 Å². The average Bonchev–Trinajstić information content (AvgIpc) is 2.37. The van der Waals surface area contributed by atoms with E-state index in [1.807, 2.05) is 0 Å². The molecule has 0 fully saturated rings. The highest BCUT2D eigenvalue weighted by molar-refractivity contribution is 9.10. The summed E-state index contributed by atoms with van der Waals surface area (Å²) < 4.78 is 26.8. The van der Waals surface area contributed by atoms with Gasteiger partial charge in [0.15, 0.2) is 0 Å². The Balaban J connectivity index is 2.13. The highest BCUT2D eigenvalue weighted by Crippen LogP contribution is 2.20. The second-order valence-electron chi connectivity index (χ2n) is 4.20. The van der Waals surface area contributed by atoms with E-state index < -0.39 is 17.7 Å². The average molecular weight is 357 g/mol. The first kappa shape index (κ1) is 15.4. The van der Waals surface area contributed by atoms with Gasteiger partial charge in [-0.1, -0.05) is 22.0 Å². The molecule has 7 heteroatoms. The maximum Gasteiger partial charge on any atom is 0.323 e. The number of nitrogens with one attached hydrogen (secondary N) is 2. The minimum Gasteiger partial charge on any atom is -0.392 e. The summed E-state index contributed by atoms with van der Waals surface area (Å²) in [6.45, 7) is -0.346. The van der Waals surface area contributed by atoms with Gasteiger partial charge in [0.2, 0.25) is 0 Å². The van der Waals surface area contributed by atoms with Crippen LogP contribution in [0.2, 0.25) is 0 Å². The number of urea groups is 1. The van der Waals surface area contributed by atoms with E-state index >= 15 is 0 Å². The van der Waals surface area contributed by atoms with Crippen LogP contribution in [0.3, 0.4) is 0 Å². The Labute approximate surface area is 127 Å². The first-order valence-corrected chi connectivity index (χ1v) is 6.70. The molecule has 2 rings (SSSR count). The van der Waals surface area contributed by atoms with Crippen molar-refractivity contribution in [2.75, 3.05) is 10.6 Å². The fourth-order valence-corrected chi connectivity index (χ4v) is 2.18. The van der Waals surface area contributed by atoms with Gasteiger partial charge >= 0.3 is 6.03 Å². The summed E-state index contributed by atoms with van der Waals surface area (Å²) >= 11 is 3.11. The molecule has 21 heavy (non-hydrogen) atoms. The number of benzene rings is 2. The van der Waals surface area contributed by atoms with Crippen LogP contribution in [0.25, 0.3) is 0 Å². The lowest BCUT2D eigenvalue weighted by molar-refractivity contribution is 0.262. The quantitative estimate of drug-likeness (QED) is 0.781. The molecule has 0 aromatic heterocycles. The molecule has 0 bridgehead atoms. The number of hydrogen-bond donors (Lipinski definition) is 3. The lowest BCUT2D eigenvalue weighted by atomic mass is 10.2. The minimum absolute atomic E-state index is 0.144. The van der Waals surface area contributed by atoms with Crippen LogP contribution >= 0.6 is 15.9 Å². The molecule has 2 aromatic carbocycles. The molecule has 4 nitrogen and oxygen atoms in total. The molecule has 3 N–H and O–H groups in total. The molecule has 0 heterocycles. The van der Waals surface area contributed by atoms with Crippen molar-refractivity contribution < 1.29 is 18.7 Å². The Hall–Kier alpha value is -1.99. The van der Waals surface area contributed by atoms with Gasteiger partial charge < -0.3 is 15.7 Å². The van der Waals surface area contributed by atoms with Crippen molar-refractivity contribution in [2.24, 2.45) is 0 Å². The zero-order chi connectivity index (χ0) is 15.4. The van der Waals surface area contributed by atoms with Crippen LogP contribution in [0, 0.1) is 11.6 Å². The zero-order valence-corrected chi connectivity index (χ0v) is 12.2. The van der Waals surface area contributed by atoms with Crippen molar-refractivity contribution in [3.63, 3.8) is 0 Å².